The van der Waals surface area contributed by atoms with Crippen LogP contribution in [0, 0.1) is 10.1 Å². The van der Waals surface area contributed by atoms with Gasteiger partial charge in [-0.15, -0.1) is 10.2 Å². The van der Waals surface area contributed by atoms with Gasteiger partial charge in [-0.05, 0) is 34.9 Å². The first kappa shape index (κ1) is 22.8. The van der Waals surface area contributed by atoms with Crippen LogP contribution in [0.4, 0.5) is 17.1 Å². The summed E-state index contributed by atoms with van der Waals surface area (Å²) >= 11 is 0. The first-order valence-electron chi connectivity index (χ1n) is 8.89. The number of aromatic hydroxyl groups is 2. The van der Waals surface area contributed by atoms with Gasteiger partial charge in [0, 0.05) is 11.5 Å². The zero-order valence-electron chi connectivity index (χ0n) is 15.9. The van der Waals surface area contributed by atoms with Gasteiger partial charge >= 0.3 is 35.2 Å². The molecule has 29 heavy (non-hydrogen) atoms. The topological polar surface area (TPSA) is 108 Å². The molecule has 0 fully saturated rings. The molecule has 3 rings (SSSR count). The van der Waals surface area contributed by atoms with Crippen molar-refractivity contribution >= 4 is 57.4 Å². The van der Waals surface area contributed by atoms with Gasteiger partial charge in [-0.25, -0.2) is 0 Å². The monoisotopic (exact) mass is 403 g/mol. The van der Waals surface area contributed by atoms with Crippen molar-refractivity contribution in [1.29, 1.82) is 0 Å². The van der Waals surface area contributed by atoms with Crippen LogP contribution in [-0.2, 0) is 5.41 Å². The van der Waals surface area contributed by atoms with Crippen molar-refractivity contribution < 1.29 is 15.1 Å². The normalized spacial score (nSPS) is 11.6. The maximum absolute atomic E-state index is 11.4. The summed E-state index contributed by atoms with van der Waals surface area (Å²) in [7, 11) is 0. The summed E-state index contributed by atoms with van der Waals surface area (Å²) < 4.78 is 0. The molecule has 0 unspecified atom stereocenters. The summed E-state index contributed by atoms with van der Waals surface area (Å²) in [5.41, 5.74) is 0.133. The fraction of sp³-hybridized carbons (Fsp3) is 0.238. The van der Waals surface area contributed by atoms with E-state index in [2.05, 4.69) is 10.2 Å². The van der Waals surface area contributed by atoms with Crippen molar-refractivity contribution in [3.63, 3.8) is 0 Å². The summed E-state index contributed by atoms with van der Waals surface area (Å²) in [5.74, 6) is -0.620. The van der Waals surface area contributed by atoms with Crippen LogP contribution in [0.25, 0.3) is 10.8 Å². The number of fused-ring (bicyclic) bond motifs is 1. The number of phenols is 2. The molecule has 7 nitrogen and oxygen atoms in total. The zero-order chi connectivity index (χ0) is 20.5. The third-order valence-corrected chi connectivity index (χ3v) is 5.07. The van der Waals surface area contributed by atoms with Gasteiger partial charge in [-0.3, -0.25) is 10.1 Å². The average Bonchev–Trinajstić information content (AvgIpc) is 2.67. The zero-order valence-corrected chi connectivity index (χ0v) is 15.9. The van der Waals surface area contributed by atoms with E-state index in [0.29, 0.717) is 10.9 Å². The van der Waals surface area contributed by atoms with Gasteiger partial charge in [0.25, 0.3) is 0 Å². The molecule has 0 radical (unpaired) electrons. The van der Waals surface area contributed by atoms with E-state index in [4.69, 9.17) is 0 Å². The predicted octanol–water partition coefficient (Wildman–Crippen LogP) is 5.61. The second-order valence-corrected chi connectivity index (χ2v) is 7.21. The van der Waals surface area contributed by atoms with Gasteiger partial charge in [0.2, 0.25) is 5.75 Å². The number of rotatable bonds is 5. The van der Waals surface area contributed by atoms with E-state index in [1.165, 1.54) is 12.1 Å². The van der Waals surface area contributed by atoms with Crippen molar-refractivity contribution in [2.45, 2.75) is 32.6 Å². The van der Waals surface area contributed by atoms with Crippen LogP contribution in [0.3, 0.4) is 0 Å². The molecule has 0 saturated carbocycles. The van der Waals surface area contributed by atoms with Gasteiger partial charge < -0.3 is 10.2 Å². The van der Waals surface area contributed by atoms with E-state index in [1.54, 1.807) is 18.2 Å². The molecule has 2 N–H and O–H groups in total. The molecule has 0 heterocycles. The van der Waals surface area contributed by atoms with Crippen LogP contribution < -0.4 is 0 Å². The fourth-order valence-corrected chi connectivity index (χ4v) is 2.87. The van der Waals surface area contributed by atoms with Crippen molar-refractivity contribution in [2.75, 3.05) is 0 Å². The van der Waals surface area contributed by atoms with Gasteiger partial charge in [0.1, 0.15) is 17.1 Å². The Hall–Kier alpha value is -2.48. The Kier molecular flexibility index (Phi) is 7.00. The van der Waals surface area contributed by atoms with Crippen LogP contribution in [0.5, 0.6) is 11.5 Å². The quantitative estimate of drug-likeness (QED) is 0.250. The van der Waals surface area contributed by atoms with Crippen molar-refractivity contribution in [3.05, 3.63) is 64.2 Å². The van der Waals surface area contributed by atoms with E-state index in [0.717, 1.165) is 11.8 Å². The first-order valence-corrected chi connectivity index (χ1v) is 8.89. The summed E-state index contributed by atoms with van der Waals surface area (Å²) in [5, 5.41) is 41.6. The Morgan fingerprint density at radius 1 is 1.07 bits per heavy atom. The Labute approximate surface area is 190 Å². The number of nitro benzene ring substituents is 1. The summed E-state index contributed by atoms with van der Waals surface area (Å²) in [4.78, 5) is 10.7. The van der Waals surface area contributed by atoms with Crippen LogP contribution in [0.1, 0.15) is 32.8 Å². The fourth-order valence-electron chi connectivity index (χ4n) is 2.87. The Bertz CT molecular complexity index is 1100. The molecule has 146 valence electrons. The van der Waals surface area contributed by atoms with E-state index >= 15 is 0 Å². The van der Waals surface area contributed by atoms with Crippen molar-refractivity contribution in [1.82, 2.24) is 0 Å². The number of hydrogen-bond donors (Lipinski definition) is 2. The summed E-state index contributed by atoms with van der Waals surface area (Å²) in [6, 6.07) is 13.6. The molecule has 0 atom stereocenters. The van der Waals surface area contributed by atoms with Crippen LogP contribution in [-0.4, -0.2) is 44.7 Å². The van der Waals surface area contributed by atoms with E-state index in [1.807, 2.05) is 39.0 Å². The number of hydrogen-bond acceptors (Lipinski definition) is 6. The van der Waals surface area contributed by atoms with Crippen molar-refractivity contribution in [3.8, 4) is 11.5 Å². The Morgan fingerprint density at radius 3 is 2.41 bits per heavy atom. The summed E-state index contributed by atoms with van der Waals surface area (Å²) in [6.07, 6.45) is 0.746. The summed E-state index contributed by atoms with van der Waals surface area (Å²) in [6.45, 7) is 5.90. The van der Waals surface area contributed by atoms with Crippen LogP contribution in [0.2, 0.25) is 0 Å². The molecule has 0 bridgehead atoms. The first-order chi connectivity index (χ1) is 13.2. The van der Waals surface area contributed by atoms with Crippen molar-refractivity contribution in [2.24, 2.45) is 10.2 Å². The molecule has 0 spiro atoms. The number of azo groups is 1. The van der Waals surface area contributed by atoms with E-state index in [9.17, 15) is 20.3 Å². The third-order valence-electron chi connectivity index (χ3n) is 5.07. The van der Waals surface area contributed by atoms with Gasteiger partial charge in [0.15, 0.2) is 0 Å². The third kappa shape index (κ3) is 4.58. The molecular weight excluding hydrogens is 381 g/mol. The standard InChI is InChI=1S/C21H21N3O4.Na.H/c1-4-21(2,3)14-11-16(20(26)17(12-14)24(27)28)22-23-19-15-8-6-5-7-13(15)9-10-18(19)25;;/h5-12,25-26H,4H2,1-3H3;;. The van der Waals surface area contributed by atoms with E-state index in [-0.39, 0.29) is 52.1 Å². The van der Waals surface area contributed by atoms with Gasteiger partial charge in [-0.1, -0.05) is 51.1 Å². The van der Waals surface area contributed by atoms with Crippen LogP contribution >= 0.6 is 0 Å². The molecular formula is C21H22N3NaO4. The molecule has 0 aliphatic rings. The maximum atomic E-state index is 11.4. The number of nitro groups is 1. The van der Waals surface area contributed by atoms with Gasteiger partial charge in [0.05, 0.1) is 4.92 Å². The second-order valence-electron chi connectivity index (χ2n) is 7.21. The van der Waals surface area contributed by atoms with Gasteiger partial charge in [-0.2, -0.15) is 0 Å². The minimum atomic E-state index is -0.640. The SMILES string of the molecule is CCC(C)(C)c1cc(N=Nc2c(O)ccc3ccccc23)c(O)c([N+](=O)[O-])c1.[NaH]. The van der Waals surface area contributed by atoms with E-state index < -0.39 is 16.4 Å². The molecule has 0 amide bonds. The molecule has 0 saturated heterocycles. The molecule has 0 aliphatic carbocycles. The Balaban J connectivity index is 0.00000300. The minimum absolute atomic E-state index is 0. The number of phenolic OH excluding ortho intramolecular Hbond substituents is 2. The molecule has 3 aromatic rings. The average molecular weight is 403 g/mol. The number of nitrogens with zero attached hydrogens (tertiary/aromatic N) is 3. The molecule has 8 heteroatoms. The Morgan fingerprint density at radius 2 is 1.76 bits per heavy atom. The second kappa shape index (κ2) is 8.90. The molecule has 0 aliphatic heterocycles. The molecule has 0 aromatic heterocycles. The predicted molar refractivity (Wildman–Crippen MR) is 115 cm³/mol. The van der Waals surface area contributed by atoms with Crippen LogP contribution in [0.15, 0.2) is 58.8 Å². The molecule has 3 aromatic carbocycles. The number of benzene rings is 3.